The van der Waals surface area contributed by atoms with Crippen molar-refractivity contribution >= 4 is 11.6 Å². The van der Waals surface area contributed by atoms with Gasteiger partial charge >= 0.3 is 0 Å². The number of para-hydroxylation sites is 1. The number of ether oxygens (including phenoxy) is 1. The first-order chi connectivity index (χ1) is 8.70. The van der Waals surface area contributed by atoms with Crippen LogP contribution in [0.3, 0.4) is 0 Å². The lowest BCUT2D eigenvalue weighted by Gasteiger charge is -2.18. The van der Waals surface area contributed by atoms with Gasteiger partial charge in [0.25, 0.3) is 0 Å². The second kappa shape index (κ2) is 5.35. The minimum atomic E-state index is 0.549. The van der Waals surface area contributed by atoms with Gasteiger partial charge in [0, 0.05) is 31.5 Å². The van der Waals surface area contributed by atoms with Crippen molar-refractivity contribution < 1.29 is 4.74 Å². The molecule has 18 heavy (non-hydrogen) atoms. The van der Waals surface area contributed by atoms with E-state index in [-0.39, 0.29) is 0 Å². The fraction of sp³-hybridized carbons (Fsp3) is 0.231. The molecule has 0 amide bonds. The van der Waals surface area contributed by atoms with Gasteiger partial charge in [-0.2, -0.15) is 4.98 Å². The summed E-state index contributed by atoms with van der Waals surface area (Å²) >= 11 is 0. The molecule has 2 N–H and O–H groups in total. The van der Waals surface area contributed by atoms with Crippen LogP contribution in [0, 0.1) is 0 Å². The molecule has 1 aromatic heterocycles. The van der Waals surface area contributed by atoms with E-state index < -0.39 is 0 Å². The molecule has 94 valence electrons. The van der Waals surface area contributed by atoms with E-state index in [0.29, 0.717) is 18.4 Å². The van der Waals surface area contributed by atoms with E-state index in [1.54, 1.807) is 19.4 Å². The number of anilines is 2. The predicted octanol–water partition coefficient (Wildman–Crippen LogP) is 1.70. The third-order valence-corrected chi connectivity index (χ3v) is 2.63. The van der Waals surface area contributed by atoms with Crippen LogP contribution in [0.15, 0.2) is 36.5 Å². The Hall–Kier alpha value is -2.30. The summed E-state index contributed by atoms with van der Waals surface area (Å²) in [4.78, 5) is 10.4. The third-order valence-electron chi connectivity index (χ3n) is 2.63. The Morgan fingerprint density at radius 3 is 2.78 bits per heavy atom. The van der Waals surface area contributed by atoms with Crippen LogP contribution in [0.2, 0.25) is 0 Å². The molecule has 0 aliphatic heterocycles. The molecule has 5 nitrogen and oxygen atoms in total. The van der Waals surface area contributed by atoms with Crippen LogP contribution in [0.5, 0.6) is 5.88 Å². The zero-order valence-electron chi connectivity index (χ0n) is 10.5. The zero-order valence-corrected chi connectivity index (χ0v) is 10.5. The van der Waals surface area contributed by atoms with Crippen LogP contribution >= 0.6 is 0 Å². The van der Waals surface area contributed by atoms with Crippen molar-refractivity contribution in [2.45, 2.75) is 6.54 Å². The van der Waals surface area contributed by atoms with Crippen molar-refractivity contribution in [3.63, 3.8) is 0 Å². The average Bonchev–Trinajstić information content (AvgIpc) is 2.41. The summed E-state index contributed by atoms with van der Waals surface area (Å²) in [6.45, 7) is 0.653. The Kier molecular flexibility index (Phi) is 3.62. The van der Waals surface area contributed by atoms with Crippen molar-refractivity contribution in [2.75, 3.05) is 24.8 Å². The minimum Gasteiger partial charge on any atom is -0.481 e. The summed E-state index contributed by atoms with van der Waals surface area (Å²) in [5, 5.41) is 0. The number of hydrogen-bond acceptors (Lipinski definition) is 5. The van der Waals surface area contributed by atoms with E-state index in [1.165, 1.54) is 0 Å². The first-order valence-electron chi connectivity index (χ1n) is 5.62. The molecule has 2 rings (SSSR count). The number of hydrogen-bond donors (Lipinski definition) is 1. The zero-order chi connectivity index (χ0) is 13.0. The van der Waals surface area contributed by atoms with Crippen LogP contribution in [-0.2, 0) is 6.54 Å². The maximum absolute atomic E-state index is 5.91. The number of nitrogens with two attached hydrogens (primary N) is 1. The number of benzene rings is 1. The lowest BCUT2D eigenvalue weighted by Crippen LogP contribution is -2.19. The smallest absolute Gasteiger partial charge is 0.228 e. The Bertz CT molecular complexity index is 530. The summed E-state index contributed by atoms with van der Waals surface area (Å²) in [6, 6.07) is 9.47. The fourth-order valence-electron chi connectivity index (χ4n) is 1.63. The van der Waals surface area contributed by atoms with Gasteiger partial charge in [0.05, 0.1) is 7.11 Å². The van der Waals surface area contributed by atoms with Crippen LogP contribution in [0.4, 0.5) is 11.6 Å². The summed E-state index contributed by atoms with van der Waals surface area (Å²) in [5.74, 6) is 1.16. The van der Waals surface area contributed by atoms with Gasteiger partial charge < -0.3 is 15.4 Å². The van der Waals surface area contributed by atoms with Gasteiger partial charge in [-0.3, -0.25) is 0 Å². The lowest BCUT2D eigenvalue weighted by molar-refractivity contribution is 0.397. The van der Waals surface area contributed by atoms with Gasteiger partial charge in [0.1, 0.15) is 0 Å². The molecule has 0 radical (unpaired) electrons. The average molecular weight is 244 g/mol. The van der Waals surface area contributed by atoms with E-state index in [0.717, 1.165) is 11.3 Å². The fourth-order valence-corrected chi connectivity index (χ4v) is 1.63. The molecule has 1 heterocycles. The highest BCUT2D eigenvalue weighted by Crippen LogP contribution is 2.17. The first-order valence-corrected chi connectivity index (χ1v) is 5.62. The van der Waals surface area contributed by atoms with E-state index in [9.17, 15) is 0 Å². The maximum atomic E-state index is 5.91. The molecule has 2 aromatic rings. The largest absolute Gasteiger partial charge is 0.481 e. The van der Waals surface area contributed by atoms with Crippen molar-refractivity contribution in [3.8, 4) is 5.88 Å². The highest BCUT2D eigenvalue weighted by molar-refractivity contribution is 5.48. The van der Waals surface area contributed by atoms with Gasteiger partial charge in [-0.25, -0.2) is 4.98 Å². The molecule has 0 aliphatic rings. The van der Waals surface area contributed by atoms with Crippen molar-refractivity contribution in [1.29, 1.82) is 0 Å². The molecule has 0 spiro atoms. The predicted molar refractivity (Wildman–Crippen MR) is 71.5 cm³/mol. The normalized spacial score (nSPS) is 10.1. The molecule has 0 saturated heterocycles. The summed E-state index contributed by atoms with van der Waals surface area (Å²) in [7, 11) is 3.50. The Morgan fingerprint density at radius 2 is 2.06 bits per heavy atom. The monoisotopic (exact) mass is 244 g/mol. The molecule has 0 aliphatic carbocycles. The van der Waals surface area contributed by atoms with Crippen LogP contribution in [0.1, 0.15) is 5.56 Å². The number of aromatic nitrogens is 2. The number of nitrogen functional groups attached to an aromatic ring is 1. The molecule has 1 aromatic carbocycles. The number of methoxy groups -OCH3 is 1. The quantitative estimate of drug-likeness (QED) is 0.829. The Labute approximate surface area is 106 Å². The van der Waals surface area contributed by atoms with Crippen molar-refractivity contribution in [3.05, 3.63) is 42.1 Å². The maximum Gasteiger partial charge on any atom is 0.228 e. The van der Waals surface area contributed by atoms with Gasteiger partial charge in [-0.15, -0.1) is 0 Å². The first kappa shape index (κ1) is 12.2. The second-order valence-electron chi connectivity index (χ2n) is 3.95. The Balaban J connectivity index is 2.16. The summed E-state index contributed by atoms with van der Waals surface area (Å²) in [5.41, 5.74) is 7.73. The van der Waals surface area contributed by atoms with Gasteiger partial charge in [0.15, 0.2) is 0 Å². The highest BCUT2D eigenvalue weighted by Gasteiger charge is 2.07. The van der Waals surface area contributed by atoms with Crippen LogP contribution < -0.4 is 15.4 Å². The van der Waals surface area contributed by atoms with E-state index in [4.69, 9.17) is 10.5 Å². The second-order valence-corrected chi connectivity index (χ2v) is 3.95. The standard InChI is InChI=1S/C13H16N4O/c1-17(9-10-5-3-4-6-11(10)14)13-15-8-7-12(16-13)18-2/h3-8H,9,14H2,1-2H3. The van der Waals surface area contributed by atoms with Crippen molar-refractivity contribution in [1.82, 2.24) is 9.97 Å². The van der Waals surface area contributed by atoms with Gasteiger partial charge in [-0.05, 0) is 11.6 Å². The van der Waals surface area contributed by atoms with Crippen LogP contribution in [-0.4, -0.2) is 24.1 Å². The van der Waals surface area contributed by atoms with Crippen LogP contribution in [0.25, 0.3) is 0 Å². The molecule has 0 atom stereocenters. The number of rotatable bonds is 4. The van der Waals surface area contributed by atoms with E-state index in [2.05, 4.69) is 9.97 Å². The van der Waals surface area contributed by atoms with E-state index in [1.807, 2.05) is 36.2 Å². The summed E-state index contributed by atoms with van der Waals surface area (Å²) < 4.78 is 5.08. The molecule has 0 bridgehead atoms. The minimum absolute atomic E-state index is 0.549. The summed E-state index contributed by atoms with van der Waals surface area (Å²) in [6.07, 6.45) is 1.67. The van der Waals surface area contributed by atoms with Gasteiger partial charge in [0.2, 0.25) is 11.8 Å². The third kappa shape index (κ3) is 2.68. The van der Waals surface area contributed by atoms with Crippen molar-refractivity contribution in [2.24, 2.45) is 0 Å². The molecule has 0 unspecified atom stereocenters. The molecular weight excluding hydrogens is 228 g/mol. The molecule has 5 heteroatoms. The topological polar surface area (TPSA) is 64.3 Å². The molecule has 0 fully saturated rings. The highest BCUT2D eigenvalue weighted by atomic mass is 16.5. The van der Waals surface area contributed by atoms with Gasteiger partial charge in [-0.1, -0.05) is 18.2 Å². The lowest BCUT2D eigenvalue weighted by atomic mass is 10.2. The number of nitrogens with zero attached hydrogens (tertiary/aromatic N) is 3. The SMILES string of the molecule is COc1ccnc(N(C)Cc2ccccc2N)n1. The Morgan fingerprint density at radius 1 is 1.28 bits per heavy atom. The van der Waals surface area contributed by atoms with E-state index >= 15 is 0 Å². The molecule has 0 saturated carbocycles. The molecular formula is C13H16N4O.